The van der Waals surface area contributed by atoms with Gasteiger partial charge in [0, 0.05) is 5.56 Å². The van der Waals surface area contributed by atoms with E-state index in [0.717, 1.165) is 17.0 Å². The molecule has 0 unspecified atom stereocenters. The van der Waals surface area contributed by atoms with E-state index in [1.54, 1.807) is 6.07 Å². The van der Waals surface area contributed by atoms with Gasteiger partial charge in [-0.1, -0.05) is 36.2 Å². The Kier molecular flexibility index (Phi) is 5.04. The van der Waals surface area contributed by atoms with Gasteiger partial charge in [-0.3, -0.25) is 10.1 Å². The lowest BCUT2D eigenvalue weighted by Crippen LogP contribution is -2.13. The number of aryl methyl sites for hydroxylation is 2. The minimum absolute atomic E-state index is 0.241. The highest BCUT2D eigenvalue weighted by Gasteiger charge is 2.13. The predicted octanol–water partition coefficient (Wildman–Crippen LogP) is 1.97. The zero-order valence-electron chi connectivity index (χ0n) is 11.9. The van der Waals surface area contributed by atoms with E-state index in [1.807, 2.05) is 26.0 Å². The second kappa shape index (κ2) is 6.97. The van der Waals surface area contributed by atoms with Crippen LogP contribution in [0.3, 0.4) is 0 Å². The van der Waals surface area contributed by atoms with E-state index >= 15 is 0 Å². The number of hydrogen-bond acceptors (Lipinski definition) is 5. The van der Waals surface area contributed by atoms with Crippen LogP contribution in [0.25, 0.3) is 0 Å². The number of benzene rings is 1. The highest BCUT2D eigenvalue weighted by molar-refractivity contribution is 7.15. The van der Waals surface area contributed by atoms with Crippen molar-refractivity contribution >= 4 is 22.4 Å². The Morgan fingerprint density at radius 3 is 2.90 bits per heavy atom. The van der Waals surface area contributed by atoms with Crippen LogP contribution in [-0.2, 0) is 6.42 Å². The highest BCUT2D eigenvalue weighted by Crippen LogP contribution is 2.18. The zero-order valence-corrected chi connectivity index (χ0v) is 12.8. The first kappa shape index (κ1) is 15.2. The SMILES string of the molecule is CCc1nnc(NC(=O)c2ccc(C)cc2C#CCN)s1. The van der Waals surface area contributed by atoms with E-state index < -0.39 is 0 Å². The van der Waals surface area contributed by atoms with Crippen LogP contribution in [0.15, 0.2) is 18.2 Å². The number of amides is 1. The summed E-state index contributed by atoms with van der Waals surface area (Å²) in [5.41, 5.74) is 7.60. The van der Waals surface area contributed by atoms with Crippen molar-refractivity contribution in [2.45, 2.75) is 20.3 Å². The van der Waals surface area contributed by atoms with Crippen molar-refractivity contribution in [2.24, 2.45) is 5.73 Å². The largest absolute Gasteiger partial charge is 0.320 e. The molecule has 1 heterocycles. The average Bonchev–Trinajstić information content (AvgIpc) is 2.92. The summed E-state index contributed by atoms with van der Waals surface area (Å²) in [5.74, 6) is 5.46. The van der Waals surface area contributed by atoms with Gasteiger partial charge in [0.1, 0.15) is 5.01 Å². The molecule has 21 heavy (non-hydrogen) atoms. The fourth-order valence-corrected chi connectivity index (χ4v) is 2.39. The van der Waals surface area contributed by atoms with Gasteiger partial charge in [-0.2, -0.15) is 0 Å². The number of carbonyl (C=O) groups is 1. The van der Waals surface area contributed by atoms with Gasteiger partial charge in [0.2, 0.25) is 5.13 Å². The van der Waals surface area contributed by atoms with Gasteiger partial charge in [0.05, 0.1) is 12.1 Å². The molecule has 2 aromatic rings. The third-order valence-corrected chi connectivity index (χ3v) is 3.72. The molecule has 0 spiro atoms. The molecule has 5 nitrogen and oxygen atoms in total. The molecule has 0 fully saturated rings. The van der Waals surface area contributed by atoms with E-state index in [0.29, 0.717) is 16.3 Å². The molecule has 2 rings (SSSR count). The standard InChI is InChI=1S/C15H16N4OS/c1-3-13-18-19-15(21-13)17-14(20)12-7-6-10(2)9-11(12)5-4-8-16/h6-7,9H,3,8,16H2,1-2H3,(H,17,19,20). The first-order chi connectivity index (χ1) is 10.1. The summed E-state index contributed by atoms with van der Waals surface area (Å²) in [6.45, 7) is 4.20. The van der Waals surface area contributed by atoms with Crippen molar-refractivity contribution in [3.05, 3.63) is 39.9 Å². The molecule has 0 radical (unpaired) electrons. The van der Waals surface area contributed by atoms with Crippen LogP contribution in [0, 0.1) is 18.8 Å². The van der Waals surface area contributed by atoms with Gasteiger partial charge in [0.25, 0.3) is 5.91 Å². The Balaban J connectivity index is 2.26. The summed E-state index contributed by atoms with van der Waals surface area (Å²) in [6, 6.07) is 5.50. The van der Waals surface area contributed by atoms with Crippen LogP contribution in [0.2, 0.25) is 0 Å². The number of nitrogens with zero attached hydrogens (tertiary/aromatic N) is 2. The number of aromatic nitrogens is 2. The molecule has 0 bridgehead atoms. The number of nitrogens with one attached hydrogen (secondary N) is 1. The Morgan fingerprint density at radius 2 is 2.24 bits per heavy atom. The van der Waals surface area contributed by atoms with Crippen LogP contribution >= 0.6 is 11.3 Å². The maximum atomic E-state index is 12.3. The first-order valence-corrected chi connectivity index (χ1v) is 7.39. The Hall–Kier alpha value is -2.23. The number of nitrogens with two attached hydrogens (primary N) is 1. The topological polar surface area (TPSA) is 80.9 Å². The molecule has 3 N–H and O–H groups in total. The molecule has 1 aromatic carbocycles. The fourth-order valence-electron chi connectivity index (χ4n) is 1.72. The molecular formula is C15H16N4OS. The van der Waals surface area contributed by atoms with Gasteiger partial charge in [-0.25, -0.2) is 0 Å². The molecule has 0 saturated carbocycles. The van der Waals surface area contributed by atoms with Gasteiger partial charge in [-0.15, -0.1) is 10.2 Å². The molecule has 0 atom stereocenters. The summed E-state index contributed by atoms with van der Waals surface area (Å²) >= 11 is 1.37. The highest BCUT2D eigenvalue weighted by atomic mass is 32.1. The summed E-state index contributed by atoms with van der Waals surface area (Å²) in [5, 5.41) is 12.1. The number of anilines is 1. The van der Waals surface area contributed by atoms with E-state index in [9.17, 15) is 4.79 Å². The Bertz CT molecular complexity index is 712. The van der Waals surface area contributed by atoms with Crippen molar-refractivity contribution in [1.82, 2.24) is 10.2 Å². The first-order valence-electron chi connectivity index (χ1n) is 6.57. The third kappa shape index (κ3) is 3.88. The molecule has 1 aromatic heterocycles. The lowest BCUT2D eigenvalue weighted by molar-refractivity contribution is 0.102. The smallest absolute Gasteiger partial charge is 0.258 e. The lowest BCUT2D eigenvalue weighted by Gasteiger charge is -2.05. The monoisotopic (exact) mass is 300 g/mol. The normalized spacial score (nSPS) is 9.86. The molecular weight excluding hydrogens is 284 g/mol. The number of hydrogen-bond donors (Lipinski definition) is 2. The lowest BCUT2D eigenvalue weighted by atomic mass is 10.0. The molecule has 108 valence electrons. The molecule has 0 saturated heterocycles. The molecule has 0 aliphatic carbocycles. The van der Waals surface area contributed by atoms with Gasteiger partial charge in [-0.05, 0) is 31.0 Å². The van der Waals surface area contributed by atoms with Crippen molar-refractivity contribution in [2.75, 3.05) is 11.9 Å². The summed E-state index contributed by atoms with van der Waals surface area (Å²) in [4.78, 5) is 12.3. The number of carbonyl (C=O) groups excluding carboxylic acids is 1. The van der Waals surface area contributed by atoms with E-state index in [1.165, 1.54) is 11.3 Å². The van der Waals surface area contributed by atoms with E-state index in [4.69, 9.17) is 5.73 Å². The van der Waals surface area contributed by atoms with Crippen molar-refractivity contribution < 1.29 is 4.79 Å². The Morgan fingerprint density at radius 1 is 1.43 bits per heavy atom. The summed E-state index contributed by atoms with van der Waals surface area (Å²) < 4.78 is 0. The molecule has 6 heteroatoms. The van der Waals surface area contributed by atoms with Crippen LogP contribution in [0.4, 0.5) is 5.13 Å². The van der Waals surface area contributed by atoms with Gasteiger partial charge >= 0.3 is 0 Å². The van der Waals surface area contributed by atoms with Crippen LogP contribution < -0.4 is 11.1 Å². The fraction of sp³-hybridized carbons (Fsp3) is 0.267. The molecule has 1 amide bonds. The predicted molar refractivity (Wildman–Crippen MR) is 84.4 cm³/mol. The second-order valence-corrected chi connectivity index (χ2v) is 5.43. The Labute approximate surface area is 127 Å². The van der Waals surface area contributed by atoms with Crippen LogP contribution in [-0.4, -0.2) is 22.6 Å². The minimum atomic E-state index is -0.241. The third-order valence-electron chi connectivity index (χ3n) is 2.73. The van der Waals surface area contributed by atoms with Crippen molar-refractivity contribution in [3.63, 3.8) is 0 Å². The molecule has 0 aliphatic heterocycles. The molecule has 0 aliphatic rings. The zero-order chi connectivity index (χ0) is 15.2. The van der Waals surface area contributed by atoms with Crippen LogP contribution in [0.1, 0.15) is 33.4 Å². The summed E-state index contributed by atoms with van der Waals surface area (Å²) in [7, 11) is 0. The second-order valence-electron chi connectivity index (χ2n) is 4.36. The van der Waals surface area contributed by atoms with E-state index in [-0.39, 0.29) is 12.5 Å². The maximum absolute atomic E-state index is 12.3. The van der Waals surface area contributed by atoms with Gasteiger partial charge in [0.15, 0.2) is 0 Å². The number of rotatable bonds is 3. The van der Waals surface area contributed by atoms with E-state index in [2.05, 4.69) is 27.4 Å². The van der Waals surface area contributed by atoms with Gasteiger partial charge < -0.3 is 5.73 Å². The summed E-state index contributed by atoms with van der Waals surface area (Å²) in [6.07, 6.45) is 0.797. The average molecular weight is 300 g/mol. The quantitative estimate of drug-likeness (QED) is 0.849. The minimum Gasteiger partial charge on any atom is -0.320 e. The van der Waals surface area contributed by atoms with Crippen LogP contribution in [0.5, 0.6) is 0 Å². The van der Waals surface area contributed by atoms with Crippen molar-refractivity contribution in [1.29, 1.82) is 0 Å². The van der Waals surface area contributed by atoms with Crippen molar-refractivity contribution in [3.8, 4) is 11.8 Å². The maximum Gasteiger partial charge on any atom is 0.258 e.